The predicted molar refractivity (Wildman–Crippen MR) is 70.6 cm³/mol. The standard InChI is InChI=1S/C13H10ClN3O2/c14-11-6-12(17-13(15)16-11)19-8-2-3-9-7(5-8)1-4-10(9)18/h2-3,5-6H,1,4H2,(H2,15,16,17). The SMILES string of the molecule is Nc1nc(Cl)cc(Oc2ccc3c(c2)CCC3=O)n1. The number of anilines is 1. The molecule has 5 nitrogen and oxygen atoms in total. The molecule has 0 saturated heterocycles. The van der Waals surface area contributed by atoms with Crippen LogP contribution in [0.15, 0.2) is 24.3 Å². The third-order valence-electron chi connectivity index (χ3n) is 2.91. The van der Waals surface area contributed by atoms with Crippen molar-refractivity contribution in [3.63, 3.8) is 0 Å². The van der Waals surface area contributed by atoms with Crippen molar-refractivity contribution >= 4 is 23.3 Å². The smallest absolute Gasteiger partial charge is 0.225 e. The molecule has 0 atom stereocenters. The third kappa shape index (κ3) is 2.37. The van der Waals surface area contributed by atoms with Gasteiger partial charge < -0.3 is 10.5 Å². The Morgan fingerprint density at radius 1 is 1.21 bits per heavy atom. The Labute approximate surface area is 114 Å². The number of hydrogen-bond donors (Lipinski definition) is 1. The molecule has 2 aromatic rings. The van der Waals surface area contributed by atoms with Gasteiger partial charge in [-0.05, 0) is 30.2 Å². The zero-order valence-corrected chi connectivity index (χ0v) is 10.6. The Hall–Kier alpha value is -2.14. The van der Waals surface area contributed by atoms with Gasteiger partial charge in [0.25, 0.3) is 0 Å². The number of nitrogens with two attached hydrogens (primary N) is 1. The van der Waals surface area contributed by atoms with Gasteiger partial charge in [-0.15, -0.1) is 0 Å². The maximum absolute atomic E-state index is 11.5. The van der Waals surface area contributed by atoms with Crippen molar-refractivity contribution in [2.24, 2.45) is 0 Å². The highest BCUT2D eigenvalue weighted by molar-refractivity contribution is 6.29. The predicted octanol–water partition coefficient (Wildman–Crippen LogP) is 2.63. The summed E-state index contributed by atoms with van der Waals surface area (Å²) in [4.78, 5) is 19.2. The van der Waals surface area contributed by atoms with Crippen LogP contribution in [0.25, 0.3) is 0 Å². The number of nitrogens with zero attached hydrogens (tertiary/aromatic N) is 2. The zero-order valence-electron chi connectivity index (χ0n) is 9.89. The molecule has 96 valence electrons. The average molecular weight is 276 g/mol. The molecule has 1 aliphatic rings. The quantitative estimate of drug-likeness (QED) is 0.853. The first-order valence-corrected chi connectivity index (χ1v) is 6.13. The fraction of sp³-hybridized carbons (Fsp3) is 0.154. The van der Waals surface area contributed by atoms with E-state index in [-0.39, 0.29) is 22.8 Å². The van der Waals surface area contributed by atoms with Gasteiger partial charge in [-0.3, -0.25) is 4.79 Å². The summed E-state index contributed by atoms with van der Waals surface area (Å²) in [5, 5.41) is 0.221. The van der Waals surface area contributed by atoms with E-state index in [4.69, 9.17) is 22.1 Å². The average Bonchev–Trinajstić information content (AvgIpc) is 2.69. The van der Waals surface area contributed by atoms with E-state index in [0.29, 0.717) is 12.2 Å². The Morgan fingerprint density at radius 2 is 2.05 bits per heavy atom. The number of fused-ring (bicyclic) bond motifs is 1. The van der Waals surface area contributed by atoms with Crippen molar-refractivity contribution in [1.29, 1.82) is 0 Å². The van der Waals surface area contributed by atoms with E-state index in [1.165, 1.54) is 6.07 Å². The molecule has 0 aliphatic heterocycles. The van der Waals surface area contributed by atoms with E-state index in [1.54, 1.807) is 12.1 Å². The van der Waals surface area contributed by atoms with Crippen molar-refractivity contribution < 1.29 is 9.53 Å². The first-order chi connectivity index (χ1) is 9.11. The van der Waals surface area contributed by atoms with E-state index in [2.05, 4.69) is 9.97 Å². The summed E-state index contributed by atoms with van der Waals surface area (Å²) in [5.74, 6) is 1.11. The van der Waals surface area contributed by atoms with Crippen LogP contribution in [0.5, 0.6) is 11.6 Å². The minimum atomic E-state index is 0.0545. The van der Waals surface area contributed by atoms with E-state index in [0.717, 1.165) is 17.5 Å². The summed E-state index contributed by atoms with van der Waals surface area (Å²) in [6.07, 6.45) is 1.31. The van der Waals surface area contributed by atoms with E-state index < -0.39 is 0 Å². The lowest BCUT2D eigenvalue weighted by Gasteiger charge is -2.07. The number of halogens is 1. The number of Topliss-reactive ketones (excluding diaryl/α,β-unsaturated/α-hetero) is 1. The number of aromatic nitrogens is 2. The van der Waals surface area contributed by atoms with Crippen molar-refractivity contribution in [2.45, 2.75) is 12.8 Å². The molecule has 1 aromatic heterocycles. The second-order valence-corrected chi connectivity index (χ2v) is 4.62. The van der Waals surface area contributed by atoms with Gasteiger partial charge in [-0.25, -0.2) is 4.98 Å². The minimum absolute atomic E-state index is 0.0545. The topological polar surface area (TPSA) is 78.1 Å². The van der Waals surface area contributed by atoms with Crippen LogP contribution in [0.3, 0.4) is 0 Å². The van der Waals surface area contributed by atoms with Crippen LogP contribution in [0.1, 0.15) is 22.3 Å². The molecule has 0 saturated carbocycles. The van der Waals surface area contributed by atoms with Crippen molar-refractivity contribution in [1.82, 2.24) is 9.97 Å². The number of benzene rings is 1. The molecular formula is C13H10ClN3O2. The number of rotatable bonds is 2. The van der Waals surface area contributed by atoms with Gasteiger partial charge in [-0.2, -0.15) is 4.98 Å². The van der Waals surface area contributed by atoms with Crippen molar-refractivity contribution in [2.75, 3.05) is 5.73 Å². The minimum Gasteiger partial charge on any atom is -0.439 e. The number of ketones is 1. The molecule has 1 heterocycles. The van der Waals surface area contributed by atoms with Crippen LogP contribution in [0, 0.1) is 0 Å². The number of hydrogen-bond acceptors (Lipinski definition) is 5. The number of aryl methyl sites for hydroxylation is 1. The summed E-state index contributed by atoms with van der Waals surface area (Å²) in [7, 11) is 0. The lowest BCUT2D eigenvalue weighted by molar-refractivity contribution is 0.0994. The van der Waals surface area contributed by atoms with Crippen LogP contribution < -0.4 is 10.5 Å². The summed E-state index contributed by atoms with van der Waals surface area (Å²) in [6.45, 7) is 0. The maximum Gasteiger partial charge on any atom is 0.225 e. The Kier molecular flexibility index (Phi) is 2.83. The fourth-order valence-corrected chi connectivity index (χ4v) is 2.26. The second-order valence-electron chi connectivity index (χ2n) is 4.23. The Balaban J connectivity index is 1.90. The summed E-state index contributed by atoms with van der Waals surface area (Å²) in [6, 6.07) is 6.82. The largest absolute Gasteiger partial charge is 0.439 e. The van der Waals surface area contributed by atoms with E-state index >= 15 is 0 Å². The monoisotopic (exact) mass is 275 g/mol. The van der Waals surface area contributed by atoms with Crippen LogP contribution >= 0.6 is 11.6 Å². The number of ether oxygens (including phenoxy) is 1. The molecular weight excluding hydrogens is 266 g/mol. The van der Waals surface area contributed by atoms with Crippen LogP contribution in [-0.4, -0.2) is 15.8 Å². The number of carbonyl (C=O) groups excluding carboxylic acids is 1. The summed E-state index contributed by atoms with van der Waals surface area (Å²) >= 11 is 5.77. The number of carbonyl (C=O) groups is 1. The molecule has 19 heavy (non-hydrogen) atoms. The van der Waals surface area contributed by atoms with Crippen LogP contribution in [-0.2, 0) is 6.42 Å². The maximum atomic E-state index is 11.5. The molecule has 0 bridgehead atoms. The Bertz CT molecular complexity index is 653. The Morgan fingerprint density at radius 3 is 2.84 bits per heavy atom. The highest BCUT2D eigenvalue weighted by Crippen LogP contribution is 2.29. The lowest BCUT2D eigenvalue weighted by Crippen LogP contribution is -1.97. The third-order valence-corrected chi connectivity index (χ3v) is 3.10. The highest BCUT2D eigenvalue weighted by Gasteiger charge is 2.19. The second kappa shape index (κ2) is 4.51. The first-order valence-electron chi connectivity index (χ1n) is 5.76. The fourth-order valence-electron chi connectivity index (χ4n) is 2.08. The number of nitrogen functional groups attached to an aromatic ring is 1. The molecule has 0 spiro atoms. The molecule has 0 fully saturated rings. The normalized spacial score (nSPS) is 13.4. The van der Waals surface area contributed by atoms with Crippen molar-refractivity contribution in [3.8, 4) is 11.6 Å². The molecule has 1 aromatic carbocycles. The van der Waals surface area contributed by atoms with Gasteiger partial charge in [0.15, 0.2) is 5.78 Å². The van der Waals surface area contributed by atoms with Crippen molar-refractivity contribution in [3.05, 3.63) is 40.5 Å². The van der Waals surface area contributed by atoms with Gasteiger partial charge in [-0.1, -0.05) is 11.6 Å². The highest BCUT2D eigenvalue weighted by atomic mass is 35.5. The van der Waals surface area contributed by atoms with Crippen LogP contribution in [0.4, 0.5) is 5.95 Å². The molecule has 0 unspecified atom stereocenters. The van der Waals surface area contributed by atoms with Gasteiger partial charge in [0.05, 0.1) is 0 Å². The van der Waals surface area contributed by atoms with E-state index in [1.807, 2.05) is 6.07 Å². The van der Waals surface area contributed by atoms with Gasteiger partial charge in [0, 0.05) is 18.1 Å². The van der Waals surface area contributed by atoms with Crippen LogP contribution in [0.2, 0.25) is 5.15 Å². The van der Waals surface area contributed by atoms with E-state index in [9.17, 15) is 4.79 Å². The van der Waals surface area contributed by atoms with Gasteiger partial charge in [0.2, 0.25) is 11.8 Å². The summed E-state index contributed by atoms with van der Waals surface area (Å²) < 4.78 is 5.57. The summed E-state index contributed by atoms with van der Waals surface area (Å²) in [5.41, 5.74) is 7.26. The molecule has 2 N–H and O–H groups in total. The molecule has 0 amide bonds. The molecule has 3 rings (SSSR count). The zero-order chi connectivity index (χ0) is 13.4. The first kappa shape index (κ1) is 11.9. The lowest BCUT2D eigenvalue weighted by atomic mass is 10.1. The molecule has 0 radical (unpaired) electrons. The van der Waals surface area contributed by atoms with Gasteiger partial charge in [0.1, 0.15) is 10.9 Å². The molecule has 1 aliphatic carbocycles. The molecule has 6 heteroatoms. The van der Waals surface area contributed by atoms with Gasteiger partial charge >= 0.3 is 0 Å².